The van der Waals surface area contributed by atoms with Crippen LogP contribution in [0, 0.1) is 29.2 Å². The van der Waals surface area contributed by atoms with Gasteiger partial charge in [-0.3, -0.25) is 9.59 Å². The third-order valence-corrected chi connectivity index (χ3v) is 6.83. The lowest BCUT2D eigenvalue weighted by Gasteiger charge is -2.34. The molecule has 9 nitrogen and oxygen atoms in total. The predicted octanol–water partition coefficient (Wildman–Crippen LogP) is 3.56. The van der Waals surface area contributed by atoms with Gasteiger partial charge in [0.25, 0.3) is 0 Å². The predicted molar refractivity (Wildman–Crippen MR) is 135 cm³/mol. The van der Waals surface area contributed by atoms with Crippen LogP contribution in [-0.2, 0) is 14.3 Å². The fourth-order valence-corrected chi connectivity index (χ4v) is 4.82. The number of nitrogens with one attached hydrogen (secondary N) is 2. The highest BCUT2D eigenvalue weighted by Crippen LogP contribution is 2.27. The summed E-state index contributed by atoms with van der Waals surface area (Å²) >= 11 is 0. The van der Waals surface area contributed by atoms with E-state index >= 15 is 0 Å². The van der Waals surface area contributed by atoms with Gasteiger partial charge in [0.15, 0.2) is 17.4 Å². The summed E-state index contributed by atoms with van der Waals surface area (Å²) in [5, 5.41) is 16.3. The Kier molecular flexibility index (Phi) is 10.6. The number of benzene rings is 1. The Morgan fingerprint density at radius 2 is 1.68 bits per heavy atom. The Bertz CT molecular complexity index is 1050. The number of amides is 3. The van der Waals surface area contributed by atoms with Gasteiger partial charge in [-0.15, -0.1) is 0 Å². The zero-order chi connectivity index (χ0) is 29.6. The average Bonchev–Trinajstić information content (AvgIpc) is 3.39. The summed E-state index contributed by atoms with van der Waals surface area (Å²) in [5.74, 6) is -10.3. The molecule has 1 saturated heterocycles. The van der Waals surface area contributed by atoms with Gasteiger partial charge in [-0.05, 0) is 46.5 Å². The number of halogens is 4. The largest absolute Gasteiger partial charge is 0.485 e. The summed E-state index contributed by atoms with van der Waals surface area (Å²) in [6.45, 7) is 4.54. The molecule has 13 heteroatoms. The van der Waals surface area contributed by atoms with E-state index in [1.54, 1.807) is 25.7 Å². The van der Waals surface area contributed by atoms with Crippen molar-refractivity contribution in [1.29, 1.82) is 0 Å². The average molecular weight is 576 g/mol. The Hall–Kier alpha value is -3.09. The number of aliphatic hydroxyl groups excluding tert-OH is 1. The molecule has 1 saturated carbocycles. The molecule has 3 rings (SSSR count). The van der Waals surface area contributed by atoms with Crippen LogP contribution in [0.3, 0.4) is 0 Å². The van der Waals surface area contributed by atoms with E-state index in [-0.39, 0.29) is 24.7 Å². The van der Waals surface area contributed by atoms with Crippen molar-refractivity contribution in [2.75, 3.05) is 19.7 Å². The van der Waals surface area contributed by atoms with Gasteiger partial charge in [-0.2, -0.15) is 8.78 Å². The van der Waals surface area contributed by atoms with Gasteiger partial charge in [0.2, 0.25) is 17.5 Å². The van der Waals surface area contributed by atoms with Crippen molar-refractivity contribution >= 4 is 17.9 Å². The Morgan fingerprint density at radius 3 is 2.27 bits per heavy atom. The molecule has 2 aliphatic rings. The molecule has 1 aliphatic carbocycles. The number of hydrogen-bond donors (Lipinski definition) is 3. The highest BCUT2D eigenvalue weighted by molar-refractivity contribution is 5.82. The van der Waals surface area contributed by atoms with Gasteiger partial charge >= 0.3 is 12.0 Å². The second kappa shape index (κ2) is 13.5. The summed E-state index contributed by atoms with van der Waals surface area (Å²) in [6, 6.07) is -1.47. The molecule has 1 aromatic rings. The molecule has 1 aliphatic heterocycles. The Balaban J connectivity index is 1.68. The van der Waals surface area contributed by atoms with Gasteiger partial charge < -0.3 is 30.1 Å². The van der Waals surface area contributed by atoms with Crippen LogP contribution in [0.4, 0.5) is 22.4 Å². The van der Waals surface area contributed by atoms with Gasteiger partial charge in [0.1, 0.15) is 18.3 Å². The minimum absolute atomic E-state index is 0.0149. The minimum Gasteiger partial charge on any atom is -0.485 e. The fraction of sp³-hybridized carbons (Fsp3) is 0.667. The number of rotatable bonds is 9. The maximum Gasteiger partial charge on any atom is 0.317 e. The van der Waals surface area contributed by atoms with Gasteiger partial charge in [0, 0.05) is 25.2 Å². The smallest absolute Gasteiger partial charge is 0.317 e. The lowest BCUT2D eigenvalue weighted by molar-refractivity contribution is -0.156. The standard InChI is InChI=1S/C27H37F4N3O6/c1-27(2,3)40-21(36)12-19(20(35)14-39-24-22(30)17(28)11-18(29)23(24)31)33-25(37)15-7-6-10-34(13-15)26(38)32-16-8-4-5-9-16/h11,15-16,19-20,35H,4-10,12-14H2,1-3H3,(H,32,38)(H,33,37)/t15-,19+,20?/m1/s1. The first kappa shape index (κ1) is 31.4. The van der Waals surface area contributed by atoms with Crippen molar-refractivity contribution in [3.8, 4) is 5.75 Å². The maximum absolute atomic E-state index is 14.0. The van der Waals surface area contributed by atoms with E-state index in [2.05, 4.69) is 10.6 Å². The van der Waals surface area contributed by atoms with E-state index in [0.717, 1.165) is 25.7 Å². The van der Waals surface area contributed by atoms with Crippen molar-refractivity contribution in [2.45, 2.75) is 89.5 Å². The number of likely N-dealkylation sites (tertiary alicyclic amines) is 1. The van der Waals surface area contributed by atoms with Crippen molar-refractivity contribution in [2.24, 2.45) is 5.92 Å². The number of esters is 1. The molecular formula is C27H37F4N3O6. The third-order valence-electron chi connectivity index (χ3n) is 6.83. The molecule has 1 heterocycles. The first-order chi connectivity index (χ1) is 18.7. The van der Waals surface area contributed by atoms with Crippen LogP contribution in [0.2, 0.25) is 0 Å². The maximum atomic E-state index is 14.0. The molecule has 3 N–H and O–H groups in total. The summed E-state index contributed by atoms with van der Waals surface area (Å²) in [4.78, 5) is 39.9. The lowest BCUT2D eigenvalue weighted by Crippen LogP contribution is -2.54. The van der Waals surface area contributed by atoms with Crippen LogP contribution in [0.25, 0.3) is 0 Å². The van der Waals surface area contributed by atoms with E-state index in [0.29, 0.717) is 19.4 Å². The summed E-state index contributed by atoms with van der Waals surface area (Å²) < 4.78 is 65.2. The van der Waals surface area contributed by atoms with Gasteiger partial charge in [-0.25, -0.2) is 13.6 Å². The molecular weight excluding hydrogens is 538 g/mol. The number of carbonyl (C=O) groups excluding carboxylic acids is 3. The molecule has 0 bridgehead atoms. The number of aliphatic hydroxyl groups is 1. The highest BCUT2D eigenvalue weighted by Gasteiger charge is 2.34. The van der Waals surface area contributed by atoms with Crippen LogP contribution < -0.4 is 15.4 Å². The molecule has 40 heavy (non-hydrogen) atoms. The quantitative estimate of drug-likeness (QED) is 0.236. The summed E-state index contributed by atoms with van der Waals surface area (Å²) in [5.41, 5.74) is -0.880. The monoisotopic (exact) mass is 575 g/mol. The summed E-state index contributed by atoms with van der Waals surface area (Å²) in [7, 11) is 0. The molecule has 0 radical (unpaired) electrons. The van der Waals surface area contributed by atoms with Crippen molar-refractivity contribution in [3.63, 3.8) is 0 Å². The van der Waals surface area contributed by atoms with Crippen molar-refractivity contribution < 1.29 is 46.5 Å². The third kappa shape index (κ3) is 8.70. The van der Waals surface area contributed by atoms with Gasteiger partial charge in [-0.1, -0.05) is 12.8 Å². The fourth-order valence-electron chi connectivity index (χ4n) is 4.82. The van der Waals surface area contributed by atoms with Crippen molar-refractivity contribution in [1.82, 2.24) is 15.5 Å². The van der Waals surface area contributed by atoms with Crippen LogP contribution in [0.15, 0.2) is 6.07 Å². The molecule has 1 unspecified atom stereocenters. The molecule has 3 amide bonds. The van der Waals surface area contributed by atoms with E-state index in [9.17, 15) is 37.1 Å². The number of nitrogens with zero attached hydrogens (tertiary/aromatic N) is 1. The molecule has 3 atom stereocenters. The van der Waals surface area contributed by atoms with Crippen LogP contribution in [0.1, 0.15) is 65.7 Å². The minimum atomic E-state index is -1.79. The number of piperidine rings is 1. The van der Waals surface area contributed by atoms with E-state index < -0.39 is 77.6 Å². The van der Waals surface area contributed by atoms with Crippen LogP contribution >= 0.6 is 0 Å². The topological polar surface area (TPSA) is 117 Å². The molecule has 2 fully saturated rings. The summed E-state index contributed by atoms with van der Waals surface area (Å²) in [6.07, 6.45) is 2.66. The first-order valence-electron chi connectivity index (χ1n) is 13.5. The van der Waals surface area contributed by atoms with Crippen molar-refractivity contribution in [3.05, 3.63) is 29.3 Å². The molecule has 1 aromatic carbocycles. The zero-order valence-electron chi connectivity index (χ0n) is 22.9. The number of ether oxygens (including phenoxy) is 2. The SMILES string of the molecule is CC(C)(C)OC(=O)C[C@H](NC(=O)[C@@H]1CCCN(C(=O)NC2CCCC2)C1)C(O)COc1c(F)c(F)cc(F)c1F. The first-order valence-corrected chi connectivity index (χ1v) is 13.5. The Morgan fingerprint density at radius 1 is 1.05 bits per heavy atom. The van der Waals surface area contributed by atoms with E-state index in [1.165, 1.54) is 0 Å². The van der Waals surface area contributed by atoms with E-state index in [1.807, 2.05) is 0 Å². The second-order valence-electron chi connectivity index (χ2n) is 11.3. The molecule has 0 aromatic heterocycles. The lowest BCUT2D eigenvalue weighted by atomic mass is 9.96. The zero-order valence-corrected chi connectivity index (χ0v) is 22.9. The normalized spacial score (nSPS) is 19.6. The van der Waals surface area contributed by atoms with Crippen LogP contribution in [-0.4, -0.2) is 71.4 Å². The number of hydrogen-bond acceptors (Lipinski definition) is 6. The second-order valence-corrected chi connectivity index (χ2v) is 11.3. The van der Waals surface area contributed by atoms with Crippen LogP contribution in [0.5, 0.6) is 5.75 Å². The Labute approximate surface area is 230 Å². The molecule has 0 spiro atoms. The highest BCUT2D eigenvalue weighted by atomic mass is 19.2. The van der Waals surface area contributed by atoms with Gasteiger partial charge in [0.05, 0.1) is 18.4 Å². The number of urea groups is 1. The molecule has 224 valence electrons. The number of carbonyl (C=O) groups is 3. The van der Waals surface area contributed by atoms with E-state index in [4.69, 9.17) is 9.47 Å².